The largest absolute Gasteiger partial charge is 0.386 e. The molecule has 0 unspecified atom stereocenters. The Labute approximate surface area is 86.3 Å². The van der Waals surface area contributed by atoms with Gasteiger partial charge in [-0.2, -0.15) is 0 Å². The Bertz CT molecular complexity index is 442. The fourth-order valence-electron chi connectivity index (χ4n) is 1.66. The van der Waals surface area contributed by atoms with Gasteiger partial charge in [0.15, 0.2) is 0 Å². The lowest BCUT2D eigenvalue weighted by Gasteiger charge is -2.43. The predicted molar refractivity (Wildman–Crippen MR) is 53.6 cm³/mol. The molecule has 2 heterocycles. The normalized spacial score (nSPS) is 18.4. The van der Waals surface area contributed by atoms with Crippen molar-refractivity contribution in [3.63, 3.8) is 0 Å². The third-order valence-corrected chi connectivity index (χ3v) is 2.35. The minimum absolute atomic E-state index is 0.251. The summed E-state index contributed by atoms with van der Waals surface area (Å²) < 4.78 is 0. The summed E-state index contributed by atoms with van der Waals surface area (Å²) in [6.07, 6.45) is 0. The van der Waals surface area contributed by atoms with Crippen molar-refractivity contribution >= 4 is 5.91 Å². The van der Waals surface area contributed by atoms with E-state index in [2.05, 4.69) is 4.98 Å². The highest BCUT2D eigenvalue weighted by Gasteiger charge is 2.39. The second kappa shape index (κ2) is 3.20. The minimum atomic E-state index is -0.787. The van der Waals surface area contributed by atoms with E-state index in [1.807, 2.05) is 0 Å². The Kier molecular flexibility index (Phi) is 2.12. The van der Waals surface area contributed by atoms with Gasteiger partial charge in [0.2, 0.25) is 5.56 Å². The number of amides is 1. The average molecular weight is 208 g/mol. The maximum Gasteiger partial charge on any atom is 0.270 e. The number of aromatic nitrogens is 1. The molecule has 1 fully saturated rings. The van der Waals surface area contributed by atoms with Gasteiger partial charge in [-0.3, -0.25) is 9.59 Å². The highest BCUT2D eigenvalue weighted by Crippen LogP contribution is 2.21. The van der Waals surface area contributed by atoms with E-state index in [0.717, 1.165) is 0 Å². The van der Waals surface area contributed by atoms with Crippen LogP contribution in [0.25, 0.3) is 0 Å². The van der Waals surface area contributed by atoms with Crippen molar-refractivity contribution in [1.82, 2.24) is 9.88 Å². The Balaban J connectivity index is 2.13. The Hall–Kier alpha value is -1.62. The summed E-state index contributed by atoms with van der Waals surface area (Å²) in [5, 5.41) is 9.47. The van der Waals surface area contributed by atoms with E-state index >= 15 is 0 Å². The maximum absolute atomic E-state index is 11.7. The number of nitrogens with zero attached hydrogens (tertiary/aromatic N) is 1. The minimum Gasteiger partial charge on any atom is -0.386 e. The highest BCUT2D eigenvalue weighted by atomic mass is 16.3. The van der Waals surface area contributed by atoms with Gasteiger partial charge in [0, 0.05) is 6.07 Å². The first-order chi connectivity index (χ1) is 6.98. The summed E-state index contributed by atoms with van der Waals surface area (Å²) in [6, 6.07) is 4.43. The van der Waals surface area contributed by atoms with Gasteiger partial charge >= 0.3 is 0 Å². The maximum atomic E-state index is 11.7. The summed E-state index contributed by atoms with van der Waals surface area (Å²) in [7, 11) is 0. The smallest absolute Gasteiger partial charge is 0.270 e. The molecule has 1 aliphatic heterocycles. The van der Waals surface area contributed by atoms with Crippen LogP contribution in [-0.4, -0.2) is 39.6 Å². The molecule has 5 heteroatoms. The van der Waals surface area contributed by atoms with E-state index in [1.165, 1.54) is 17.0 Å². The first-order valence-electron chi connectivity index (χ1n) is 4.69. The molecule has 0 spiro atoms. The van der Waals surface area contributed by atoms with Crippen LogP contribution in [0.1, 0.15) is 17.4 Å². The molecule has 1 aromatic rings. The summed E-state index contributed by atoms with van der Waals surface area (Å²) in [5.74, 6) is -0.251. The first kappa shape index (κ1) is 9.92. The molecule has 15 heavy (non-hydrogen) atoms. The van der Waals surface area contributed by atoms with Crippen LogP contribution in [0.15, 0.2) is 23.0 Å². The van der Waals surface area contributed by atoms with Gasteiger partial charge in [-0.25, -0.2) is 0 Å². The van der Waals surface area contributed by atoms with Crippen LogP contribution >= 0.6 is 0 Å². The molecule has 80 valence electrons. The van der Waals surface area contributed by atoms with Crippen LogP contribution < -0.4 is 5.56 Å². The molecule has 0 aromatic carbocycles. The lowest BCUT2D eigenvalue weighted by molar-refractivity contribution is -0.0670. The number of hydrogen-bond donors (Lipinski definition) is 2. The van der Waals surface area contributed by atoms with Crippen LogP contribution in [0, 0.1) is 0 Å². The number of likely N-dealkylation sites (tertiary alicyclic amines) is 1. The molecule has 1 aromatic heterocycles. The van der Waals surface area contributed by atoms with E-state index in [9.17, 15) is 14.7 Å². The molecule has 2 rings (SSSR count). The molecule has 1 aliphatic rings. The summed E-state index contributed by atoms with van der Waals surface area (Å²) in [4.78, 5) is 26.6. The van der Waals surface area contributed by atoms with Gasteiger partial charge in [-0.1, -0.05) is 6.07 Å². The van der Waals surface area contributed by atoms with Crippen molar-refractivity contribution in [2.24, 2.45) is 0 Å². The monoisotopic (exact) mass is 208 g/mol. The molecule has 2 N–H and O–H groups in total. The summed E-state index contributed by atoms with van der Waals surface area (Å²) in [5.41, 5.74) is -0.823. The summed E-state index contributed by atoms with van der Waals surface area (Å²) >= 11 is 0. The molecule has 0 bridgehead atoms. The molecule has 0 radical (unpaired) electrons. The molecular formula is C10H12N2O3. The number of carbonyl (C=O) groups is 1. The van der Waals surface area contributed by atoms with Crippen LogP contribution in [0.5, 0.6) is 0 Å². The lowest BCUT2D eigenvalue weighted by atomic mass is 9.96. The van der Waals surface area contributed by atoms with Crippen molar-refractivity contribution in [3.8, 4) is 0 Å². The first-order valence-corrected chi connectivity index (χ1v) is 4.69. The fourth-order valence-corrected chi connectivity index (χ4v) is 1.66. The Morgan fingerprint density at radius 2 is 2.20 bits per heavy atom. The van der Waals surface area contributed by atoms with E-state index in [1.54, 1.807) is 13.0 Å². The van der Waals surface area contributed by atoms with Crippen molar-refractivity contribution in [3.05, 3.63) is 34.2 Å². The Morgan fingerprint density at radius 1 is 1.53 bits per heavy atom. The molecule has 1 amide bonds. The summed E-state index contributed by atoms with van der Waals surface area (Å²) in [6.45, 7) is 2.29. The van der Waals surface area contributed by atoms with Crippen LogP contribution in [0.3, 0.4) is 0 Å². The van der Waals surface area contributed by atoms with Gasteiger partial charge in [-0.05, 0) is 13.0 Å². The van der Waals surface area contributed by atoms with Crippen LogP contribution in [-0.2, 0) is 0 Å². The zero-order valence-corrected chi connectivity index (χ0v) is 8.36. The van der Waals surface area contributed by atoms with Gasteiger partial charge in [-0.15, -0.1) is 0 Å². The van der Waals surface area contributed by atoms with Gasteiger partial charge in [0.25, 0.3) is 5.91 Å². The highest BCUT2D eigenvalue weighted by molar-refractivity contribution is 5.92. The number of H-pyrrole nitrogens is 1. The van der Waals surface area contributed by atoms with Crippen LogP contribution in [0.2, 0.25) is 0 Å². The number of rotatable bonds is 1. The third kappa shape index (κ3) is 1.92. The van der Waals surface area contributed by atoms with E-state index in [4.69, 9.17) is 0 Å². The predicted octanol–water partition coefficient (Wildman–Crippen LogP) is -0.418. The zero-order chi connectivity index (χ0) is 11.1. The topological polar surface area (TPSA) is 73.4 Å². The molecule has 1 saturated heterocycles. The van der Waals surface area contributed by atoms with Gasteiger partial charge < -0.3 is 15.0 Å². The molecule has 0 atom stereocenters. The molecule has 0 aliphatic carbocycles. The quantitative estimate of drug-likeness (QED) is 0.658. The number of carbonyl (C=O) groups excluding carboxylic acids is 1. The number of β-amino-alcohol motifs (C(OH)–C–C–N with tert-alkyl or cyclic N) is 1. The Morgan fingerprint density at radius 3 is 2.73 bits per heavy atom. The number of aliphatic hydroxyl groups is 1. The number of aromatic amines is 1. The van der Waals surface area contributed by atoms with E-state index in [-0.39, 0.29) is 17.2 Å². The SMILES string of the molecule is CC1(O)CN(C(=O)c2cccc(=O)[nH]2)C1. The second-order valence-corrected chi connectivity index (χ2v) is 4.09. The molecule has 5 nitrogen and oxygen atoms in total. The number of pyridine rings is 1. The van der Waals surface area contributed by atoms with Crippen molar-refractivity contribution < 1.29 is 9.90 Å². The zero-order valence-electron chi connectivity index (χ0n) is 8.36. The van der Waals surface area contributed by atoms with Crippen molar-refractivity contribution in [2.45, 2.75) is 12.5 Å². The molecule has 0 saturated carbocycles. The van der Waals surface area contributed by atoms with Gasteiger partial charge in [0.1, 0.15) is 5.69 Å². The van der Waals surface area contributed by atoms with E-state index in [0.29, 0.717) is 13.1 Å². The van der Waals surface area contributed by atoms with E-state index < -0.39 is 5.60 Å². The van der Waals surface area contributed by atoms with Crippen LogP contribution in [0.4, 0.5) is 0 Å². The van der Waals surface area contributed by atoms with Crippen molar-refractivity contribution in [2.75, 3.05) is 13.1 Å². The second-order valence-electron chi connectivity index (χ2n) is 4.09. The van der Waals surface area contributed by atoms with Gasteiger partial charge in [0.05, 0.1) is 18.7 Å². The van der Waals surface area contributed by atoms with Crippen molar-refractivity contribution in [1.29, 1.82) is 0 Å². The number of nitrogens with one attached hydrogen (secondary N) is 1. The lowest BCUT2D eigenvalue weighted by Crippen LogP contribution is -2.61. The fraction of sp³-hybridized carbons (Fsp3) is 0.400. The number of hydrogen-bond acceptors (Lipinski definition) is 3. The standard InChI is InChI=1S/C10H12N2O3/c1-10(15)5-12(6-10)9(14)7-3-2-4-8(13)11-7/h2-4,15H,5-6H2,1H3,(H,11,13). The molecular weight excluding hydrogens is 196 g/mol. The third-order valence-electron chi connectivity index (χ3n) is 2.35. The average Bonchev–Trinajstić information content (AvgIpc) is 2.13.